The summed E-state index contributed by atoms with van der Waals surface area (Å²) in [6, 6.07) is 0.681. The molecule has 112 valence electrons. The smallest absolute Gasteiger partial charge is 0.225 e. The maximum Gasteiger partial charge on any atom is 0.225 e. The van der Waals surface area contributed by atoms with Gasteiger partial charge in [-0.2, -0.15) is 0 Å². The molecule has 0 aromatic carbocycles. The van der Waals surface area contributed by atoms with Gasteiger partial charge in [0.15, 0.2) is 0 Å². The minimum atomic E-state index is 0.125. The molecule has 0 unspecified atom stereocenters. The van der Waals surface area contributed by atoms with Gasteiger partial charge in [-0.05, 0) is 40.0 Å². The highest BCUT2D eigenvalue weighted by Gasteiger charge is 2.30. The Morgan fingerprint density at radius 1 is 1.25 bits per heavy atom. The monoisotopic (exact) mass is 276 g/mol. The van der Waals surface area contributed by atoms with Crippen molar-refractivity contribution in [2.45, 2.75) is 71.5 Å². The molecule has 0 bridgehead atoms. The van der Waals surface area contributed by atoms with Crippen LogP contribution in [0.4, 0.5) is 5.95 Å². The van der Waals surface area contributed by atoms with Crippen molar-refractivity contribution in [1.29, 1.82) is 0 Å². The van der Waals surface area contributed by atoms with Crippen LogP contribution < -0.4 is 10.2 Å². The van der Waals surface area contributed by atoms with E-state index in [2.05, 4.69) is 47.9 Å². The highest BCUT2D eigenvalue weighted by molar-refractivity contribution is 5.34. The van der Waals surface area contributed by atoms with E-state index in [1.54, 1.807) is 0 Å². The van der Waals surface area contributed by atoms with Crippen molar-refractivity contribution in [3.05, 3.63) is 18.0 Å². The second-order valence-corrected chi connectivity index (χ2v) is 6.77. The van der Waals surface area contributed by atoms with Gasteiger partial charge in [0.1, 0.15) is 0 Å². The van der Waals surface area contributed by atoms with Crippen LogP contribution >= 0.6 is 0 Å². The third-order valence-electron chi connectivity index (χ3n) is 3.51. The van der Waals surface area contributed by atoms with Crippen molar-refractivity contribution < 1.29 is 0 Å². The molecule has 1 aliphatic carbocycles. The van der Waals surface area contributed by atoms with Crippen LogP contribution in [0.1, 0.15) is 58.9 Å². The van der Waals surface area contributed by atoms with Gasteiger partial charge in [-0.3, -0.25) is 0 Å². The Balaban J connectivity index is 1.95. The maximum absolute atomic E-state index is 4.57. The van der Waals surface area contributed by atoms with Gasteiger partial charge in [0, 0.05) is 42.6 Å². The first-order valence-electron chi connectivity index (χ1n) is 7.82. The molecular weight excluding hydrogens is 248 g/mol. The lowest BCUT2D eigenvalue weighted by molar-refractivity contribution is 0.423. The lowest BCUT2D eigenvalue weighted by Crippen LogP contribution is -2.35. The van der Waals surface area contributed by atoms with Crippen molar-refractivity contribution in [1.82, 2.24) is 15.3 Å². The quantitative estimate of drug-likeness (QED) is 0.830. The molecule has 4 nitrogen and oxygen atoms in total. The van der Waals surface area contributed by atoms with Gasteiger partial charge in [0.05, 0.1) is 0 Å². The zero-order valence-electron chi connectivity index (χ0n) is 13.3. The molecular formula is C16H28N4. The second-order valence-electron chi connectivity index (χ2n) is 6.77. The molecule has 20 heavy (non-hydrogen) atoms. The third-order valence-corrected chi connectivity index (χ3v) is 3.51. The van der Waals surface area contributed by atoms with Crippen LogP contribution in [0.3, 0.4) is 0 Å². The van der Waals surface area contributed by atoms with Crippen LogP contribution in [0.25, 0.3) is 0 Å². The number of rotatable bonds is 7. The minimum Gasteiger partial charge on any atom is -0.338 e. The van der Waals surface area contributed by atoms with Crippen LogP contribution in [-0.2, 0) is 6.54 Å². The second kappa shape index (κ2) is 6.53. The molecule has 1 heterocycles. The summed E-state index contributed by atoms with van der Waals surface area (Å²) in [4.78, 5) is 11.5. The number of hydrogen-bond acceptors (Lipinski definition) is 4. The van der Waals surface area contributed by atoms with E-state index in [0.717, 1.165) is 24.6 Å². The van der Waals surface area contributed by atoms with Gasteiger partial charge in [0.2, 0.25) is 5.95 Å². The number of anilines is 1. The third kappa shape index (κ3) is 4.75. The summed E-state index contributed by atoms with van der Waals surface area (Å²) in [6.07, 6.45) is 8.94. The van der Waals surface area contributed by atoms with Gasteiger partial charge in [0.25, 0.3) is 0 Å². The van der Waals surface area contributed by atoms with Crippen molar-refractivity contribution in [3.8, 4) is 0 Å². The van der Waals surface area contributed by atoms with E-state index in [4.69, 9.17) is 0 Å². The molecule has 1 aromatic heterocycles. The summed E-state index contributed by atoms with van der Waals surface area (Å²) in [5.41, 5.74) is 1.27. The summed E-state index contributed by atoms with van der Waals surface area (Å²) in [5.74, 6) is 0.903. The number of aromatic nitrogens is 2. The predicted octanol–water partition coefficient (Wildman–Crippen LogP) is 3.13. The molecule has 0 atom stereocenters. The molecule has 0 radical (unpaired) electrons. The van der Waals surface area contributed by atoms with Gasteiger partial charge in [-0.25, -0.2) is 9.97 Å². The fourth-order valence-electron chi connectivity index (χ4n) is 2.12. The highest BCUT2D eigenvalue weighted by atomic mass is 15.3. The molecule has 0 amide bonds. The van der Waals surface area contributed by atoms with E-state index < -0.39 is 0 Å². The lowest BCUT2D eigenvalue weighted by atomic mass is 10.1. The minimum absolute atomic E-state index is 0.125. The first-order chi connectivity index (χ1) is 9.49. The molecule has 1 fully saturated rings. The number of hydrogen-bond donors (Lipinski definition) is 1. The van der Waals surface area contributed by atoms with Gasteiger partial charge in [-0.1, -0.05) is 13.3 Å². The average Bonchev–Trinajstić information content (AvgIpc) is 3.22. The number of nitrogens with one attached hydrogen (secondary N) is 1. The van der Waals surface area contributed by atoms with Crippen molar-refractivity contribution in [2.75, 3.05) is 11.4 Å². The Labute approximate surface area is 123 Å². The van der Waals surface area contributed by atoms with Gasteiger partial charge < -0.3 is 10.2 Å². The number of nitrogens with zero attached hydrogens (tertiary/aromatic N) is 3. The van der Waals surface area contributed by atoms with Crippen LogP contribution in [0.2, 0.25) is 0 Å². The molecule has 0 spiro atoms. The first kappa shape index (κ1) is 15.2. The average molecular weight is 276 g/mol. The Morgan fingerprint density at radius 2 is 1.90 bits per heavy atom. The largest absolute Gasteiger partial charge is 0.338 e. The van der Waals surface area contributed by atoms with E-state index in [1.807, 2.05) is 12.4 Å². The summed E-state index contributed by atoms with van der Waals surface area (Å²) >= 11 is 0. The lowest BCUT2D eigenvalue weighted by Gasteiger charge is -2.23. The van der Waals surface area contributed by atoms with Crippen LogP contribution in [0, 0.1) is 0 Å². The van der Waals surface area contributed by atoms with Crippen molar-refractivity contribution in [3.63, 3.8) is 0 Å². The van der Waals surface area contributed by atoms with E-state index in [-0.39, 0.29) is 5.54 Å². The normalized spacial score (nSPS) is 15.4. The van der Waals surface area contributed by atoms with Gasteiger partial charge in [-0.15, -0.1) is 0 Å². The molecule has 1 aliphatic rings. The van der Waals surface area contributed by atoms with E-state index in [0.29, 0.717) is 6.04 Å². The number of unbranched alkanes of at least 4 members (excludes halogenated alkanes) is 1. The standard InChI is InChI=1S/C16H28N4/c1-5-6-9-20(14-7-8-14)15-17-10-13(11-18-15)12-19-16(2,3)4/h10-11,14,19H,5-9,12H2,1-4H3. The molecule has 2 rings (SSSR count). The Kier molecular flexibility index (Phi) is 4.97. The van der Waals surface area contributed by atoms with Crippen molar-refractivity contribution in [2.24, 2.45) is 0 Å². The molecule has 1 saturated carbocycles. The molecule has 0 saturated heterocycles. The van der Waals surface area contributed by atoms with E-state index in [9.17, 15) is 0 Å². The summed E-state index contributed by atoms with van der Waals surface area (Å²) in [5, 5.41) is 3.46. The van der Waals surface area contributed by atoms with Gasteiger partial charge >= 0.3 is 0 Å². The Hall–Kier alpha value is -1.16. The summed E-state index contributed by atoms with van der Waals surface area (Å²) in [6.45, 7) is 10.6. The summed E-state index contributed by atoms with van der Waals surface area (Å²) < 4.78 is 0. The maximum atomic E-state index is 4.57. The summed E-state index contributed by atoms with van der Waals surface area (Å²) in [7, 11) is 0. The predicted molar refractivity (Wildman–Crippen MR) is 83.9 cm³/mol. The SMILES string of the molecule is CCCCN(c1ncc(CNC(C)(C)C)cn1)C1CC1. The van der Waals surface area contributed by atoms with Crippen LogP contribution in [-0.4, -0.2) is 28.1 Å². The zero-order valence-corrected chi connectivity index (χ0v) is 13.3. The Bertz CT molecular complexity index is 403. The molecule has 1 aromatic rings. The molecule has 0 aliphatic heterocycles. The first-order valence-corrected chi connectivity index (χ1v) is 7.82. The highest BCUT2D eigenvalue weighted by Crippen LogP contribution is 2.29. The fraction of sp³-hybridized carbons (Fsp3) is 0.750. The van der Waals surface area contributed by atoms with Crippen LogP contribution in [0.5, 0.6) is 0 Å². The molecule has 1 N–H and O–H groups in total. The Morgan fingerprint density at radius 3 is 2.40 bits per heavy atom. The van der Waals surface area contributed by atoms with Crippen LogP contribution in [0.15, 0.2) is 12.4 Å². The zero-order chi connectivity index (χ0) is 14.6. The van der Waals surface area contributed by atoms with E-state index >= 15 is 0 Å². The van der Waals surface area contributed by atoms with Crippen molar-refractivity contribution >= 4 is 5.95 Å². The topological polar surface area (TPSA) is 41.1 Å². The van der Waals surface area contributed by atoms with E-state index in [1.165, 1.54) is 25.7 Å². The fourth-order valence-corrected chi connectivity index (χ4v) is 2.12. The molecule has 4 heteroatoms.